The van der Waals surface area contributed by atoms with Crippen LogP contribution in [0.3, 0.4) is 0 Å². The average molecular weight is 280 g/mol. The van der Waals surface area contributed by atoms with E-state index >= 15 is 0 Å². The van der Waals surface area contributed by atoms with Crippen LogP contribution < -0.4 is 10.6 Å². The lowest BCUT2D eigenvalue weighted by molar-refractivity contribution is 0.0252. The first-order valence-corrected chi connectivity index (χ1v) is 6.91. The first kappa shape index (κ1) is 14.8. The van der Waals surface area contributed by atoms with Crippen LogP contribution in [0.15, 0.2) is 24.3 Å². The maximum absolute atomic E-state index is 13.0. The van der Waals surface area contributed by atoms with Crippen LogP contribution in [-0.4, -0.2) is 25.8 Å². The van der Waals surface area contributed by atoms with Gasteiger partial charge in [-0.3, -0.25) is 0 Å². The summed E-state index contributed by atoms with van der Waals surface area (Å²) in [5.41, 5.74) is 0.853. The molecular formula is C15H21FN2O2. The van der Waals surface area contributed by atoms with Gasteiger partial charge in [0.1, 0.15) is 5.82 Å². The Kier molecular flexibility index (Phi) is 4.95. The predicted molar refractivity (Wildman–Crippen MR) is 74.8 cm³/mol. The van der Waals surface area contributed by atoms with Gasteiger partial charge in [-0.05, 0) is 36.0 Å². The molecule has 0 atom stereocenters. The van der Waals surface area contributed by atoms with Crippen LogP contribution in [0.2, 0.25) is 0 Å². The topological polar surface area (TPSA) is 50.4 Å². The van der Waals surface area contributed by atoms with Crippen LogP contribution in [-0.2, 0) is 11.3 Å². The van der Waals surface area contributed by atoms with Gasteiger partial charge in [0.15, 0.2) is 0 Å². The molecule has 5 heteroatoms. The van der Waals surface area contributed by atoms with E-state index in [1.54, 1.807) is 12.1 Å². The molecule has 20 heavy (non-hydrogen) atoms. The van der Waals surface area contributed by atoms with Crippen LogP contribution in [0.25, 0.3) is 0 Å². The van der Waals surface area contributed by atoms with E-state index in [-0.39, 0.29) is 17.3 Å². The molecule has 4 nitrogen and oxygen atoms in total. The molecule has 1 aliphatic heterocycles. The number of carbonyl (C=O) groups excluding carboxylic acids is 1. The highest BCUT2D eigenvalue weighted by Crippen LogP contribution is 2.28. The Morgan fingerprint density at radius 1 is 1.35 bits per heavy atom. The quantitative estimate of drug-likeness (QED) is 0.890. The summed E-state index contributed by atoms with van der Waals surface area (Å²) in [6.45, 7) is 4.61. The summed E-state index contributed by atoms with van der Waals surface area (Å²) in [6, 6.07) is 5.99. The van der Waals surface area contributed by atoms with Gasteiger partial charge in [-0.25, -0.2) is 9.18 Å². The SMILES string of the molecule is CC1(CNC(=O)NCc2cccc(F)c2)CCOCC1. The number of benzene rings is 1. The van der Waals surface area contributed by atoms with E-state index in [2.05, 4.69) is 17.6 Å². The molecule has 2 N–H and O–H groups in total. The second kappa shape index (κ2) is 6.70. The van der Waals surface area contributed by atoms with Gasteiger partial charge in [0, 0.05) is 26.3 Å². The lowest BCUT2D eigenvalue weighted by atomic mass is 9.82. The summed E-state index contributed by atoms with van der Waals surface area (Å²) in [5, 5.41) is 5.61. The fourth-order valence-electron chi connectivity index (χ4n) is 2.23. The van der Waals surface area contributed by atoms with Crippen molar-refractivity contribution in [3.05, 3.63) is 35.6 Å². The molecule has 0 saturated carbocycles. The van der Waals surface area contributed by atoms with Gasteiger partial charge in [0.2, 0.25) is 0 Å². The summed E-state index contributed by atoms with van der Waals surface area (Å²) in [5.74, 6) is -0.292. The van der Waals surface area contributed by atoms with Gasteiger partial charge >= 0.3 is 6.03 Å². The van der Waals surface area contributed by atoms with E-state index < -0.39 is 0 Å². The Hall–Kier alpha value is -1.62. The molecule has 0 spiro atoms. The minimum atomic E-state index is -0.292. The van der Waals surface area contributed by atoms with Crippen molar-refractivity contribution in [1.29, 1.82) is 0 Å². The van der Waals surface area contributed by atoms with Crippen LogP contribution in [0.4, 0.5) is 9.18 Å². The van der Waals surface area contributed by atoms with Gasteiger partial charge in [-0.15, -0.1) is 0 Å². The van der Waals surface area contributed by atoms with Crippen molar-refractivity contribution in [3.8, 4) is 0 Å². The summed E-state index contributed by atoms with van der Waals surface area (Å²) < 4.78 is 18.3. The molecule has 2 rings (SSSR count). The first-order valence-electron chi connectivity index (χ1n) is 6.91. The van der Waals surface area contributed by atoms with Crippen molar-refractivity contribution in [2.45, 2.75) is 26.3 Å². The molecule has 1 aliphatic rings. The molecule has 110 valence electrons. The van der Waals surface area contributed by atoms with Crippen molar-refractivity contribution < 1.29 is 13.9 Å². The van der Waals surface area contributed by atoms with Gasteiger partial charge < -0.3 is 15.4 Å². The largest absolute Gasteiger partial charge is 0.381 e. The monoisotopic (exact) mass is 280 g/mol. The summed E-state index contributed by atoms with van der Waals surface area (Å²) in [7, 11) is 0. The first-order chi connectivity index (χ1) is 9.57. The zero-order valence-electron chi connectivity index (χ0n) is 11.7. The molecule has 2 amide bonds. The third-order valence-corrected chi connectivity index (χ3v) is 3.72. The van der Waals surface area contributed by atoms with Gasteiger partial charge in [-0.1, -0.05) is 19.1 Å². The van der Waals surface area contributed by atoms with Crippen LogP contribution in [0.1, 0.15) is 25.3 Å². The molecule has 0 aromatic heterocycles. The summed E-state index contributed by atoms with van der Waals surface area (Å²) in [4.78, 5) is 11.7. The fraction of sp³-hybridized carbons (Fsp3) is 0.533. The normalized spacial score (nSPS) is 17.5. The molecule has 1 aromatic carbocycles. The highest BCUT2D eigenvalue weighted by Gasteiger charge is 2.27. The van der Waals surface area contributed by atoms with E-state index in [4.69, 9.17) is 4.74 Å². The van der Waals surface area contributed by atoms with Crippen molar-refractivity contribution in [2.24, 2.45) is 5.41 Å². The number of rotatable bonds is 4. The van der Waals surface area contributed by atoms with Crippen molar-refractivity contribution in [3.63, 3.8) is 0 Å². The average Bonchev–Trinajstić information content (AvgIpc) is 2.44. The molecule has 0 unspecified atom stereocenters. The highest BCUT2D eigenvalue weighted by atomic mass is 19.1. The number of ether oxygens (including phenoxy) is 1. The second-order valence-corrected chi connectivity index (χ2v) is 5.59. The van der Waals surface area contributed by atoms with Crippen LogP contribution in [0.5, 0.6) is 0 Å². The third kappa shape index (κ3) is 4.49. The van der Waals surface area contributed by atoms with E-state index in [1.165, 1.54) is 12.1 Å². The lowest BCUT2D eigenvalue weighted by Gasteiger charge is -2.33. The molecular weight excluding hydrogens is 259 g/mol. The van der Waals surface area contributed by atoms with Gasteiger partial charge in [0.05, 0.1) is 0 Å². The van der Waals surface area contributed by atoms with E-state index in [0.717, 1.165) is 31.6 Å². The lowest BCUT2D eigenvalue weighted by Crippen LogP contribution is -2.43. The van der Waals surface area contributed by atoms with Gasteiger partial charge in [0.25, 0.3) is 0 Å². The van der Waals surface area contributed by atoms with Crippen molar-refractivity contribution in [2.75, 3.05) is 19.8 Å². The number of hydrogen-bond acceptors (Lipinski definition) is 2. The Labute approximate surface area is 118 Å². The minimum Gasteiger partial charge on any atom is -0.381 e. The number of hydrogen-bond donors (Lipinski definition) is 2. The number of nitrogens with one attached hydrogen (secondary N) is 2. The van der Waals surface area contributed by atoms with E-state index in [0.29, 0.717) is 13.1 Å². The minimum absolute atomic E-state index is 0.106. The second-order valence-electron chi connectivity index (χ2n) is 5.59. The smallest absolute Gasteiger partial charge is 0.315 e. The van der Waals surface area contributed by atoms with Crippen molar-refractivity contribution in [1.82, 2.24) is 10.6 Å². The van der Waals surface area contributed by atoms with Crippen LogP contribution >= 0.6 is 0 Å². The summed E-state index contributed by atoms with van der Waals surface area (Å²) in [6.07, 6.45) is 1.91. The number of urea groups is 1. The molecule has 0 radical (unpaired) electrons. The predicted octanol–water partition coefficient (Wildman–Crippen LogP) is 2.44. The standard InChI is InChI=1S/C15H21FN2O2/c1-15(5-7-20-8-6-15)11-18-14(19)17-10-12-3-2-4-13(16)9-12/h2-4,9H,5-8,10-11H2,1H3,(H2,17,18,19). The number of amides is 2. The Morgan fingerprint density at radius 2 is 2.10 bits per heavy atom. The van der Waals surface area contributed by atoms with E-state index in [1.807, 2.05) is 0 Å². The molecule has 1 fully saturated rings. The summed E-state index contributed by atoms with van der Waals surface area (Å²) >= 11 is 0. The number of halogens is 1. The Morgan fingerprint density at radius 3 is 2.80 bits per heavy atom. The fourth-order valence-corrected chi connectivity index (χ4v) is 2.23. The van der Waals surface area contributed by atoms with Crippen molar-refractivity contribution >= 4 is 6.03 Å². The molecule has 1 heterocycles. The zero-order chi connectivity index (χ0) is 14.4. The number of carbonyl (C=O) groups is 1. The zero-order valence-corrected chi connectivity index (χ0v) is 11.7. The maximum atomic E-state index is 13.0. The Balaban J connectivity index is 1.72. The molecule has 1 saturated heterocycles. The molecule has 1 aromatic rings. The maximum Gasteiger partial charge on any atom is 0.315 e. The third-order valence-electron chi connectivity index (χ3n) is 3.72. The molecule has 0 aliphatic carbocycles. The Bertz CT molecular complexity index is 459. The molecule has 0 bridgehead atoms. The van der Waals surface area contributed by atoms with Crippen LogP contribution in [0, 0.1) is 11.2 Å². The highest BCUT2D eigenvalue weighted by molar-refractivity contribution is 5.73. The van der Waals surface area contributed by atoms with Gasteiger partial charge in [-0.2, -0.15) is 0 Å². The van der Waals surface area contributed by atoms with E-state index in [9.17, 15) is 9.18 Å².